The molecule has 0 aliphatic rings. The monoisotopic (exact) mass is 506 g/mol. The SMILES string of the molecule is COC(=O)CNC(=O)c1cn(Cc2ccc(S(C)(=O)=O)cc2)c2ccc(Br)cc2c1=O. The van der Waals surface area contributed by atoms with E-state index >= 15 is 0 Å². The molecule has 0 bridgehead atoms. The number of amides is 1. The highest BCUT2D eigenvalue weighted by Gasteiger charge is 2.17. The van der Waals surface area contributed by atoms with Crippen molar-refractivity contribution in [2.24, 2.45) is 0 Å². The smallest absolute Gasteiger partial charge is 0.325 e. The van der Waals surface area contributed by atoms with E-state index < -0.39 is 27.1 Å². The largest absolute Gasteiger partial charge is 0.468 e. The van der Waals surface area contributed by atoms with Crippen molar-refractivity contribution in [3.8, 4) is 0 Å². The van der Waals surface area contributed by atoms with Crippen LogP contribution in [0.3, 0.4) is 0 Å². The Bertz CT molecular complexity index is 1330. The Balaban J connectivity index is 2.05. The number of rotatable bonds is 6. The number of halogens is 1. The van der Waals surface area contributed by atoms with Crippen LogP contribution in [0, 0.1) is 0 Å². The van der Waals surface area contributed by atoms with E-state index in [1.807, 2.05) is 0 Å². The van der Waals surface area contributed by atoms with Gasteiger partial charge in [0.2, 0.25) is 5.43 Å². The molecule has 1 amide bonds. The zero-order valence-electron chi connectivity index (χ0n) is 16.7. The van der Waals surface area contributed by atoms with Gasteiger partial charge in [-0.15, -0.1) is 0 Å². The number of hydrogen-bond donors (Lipinski definition) is 1. The zero-order chi connectivity index (χ0) is 22.8. The summed E-state index contributed by atoms with van der Waals surface area (Å²) < 4.78 is 30.3. The number of benzene rings is 2. The highest BCUT2D eigenvalue weighted by molar-refractivity contribution is 9.10. The van der Waals surface area contributed by atoms with Crippen LogP contribution in [0.4, 0.5) is 0 Å². The minimum Gasteiger partial charge on any atom is -0.468 e. The summed E-state index contributed by atoms with van der Waals surface area (Å²) in [4.78, 5) is 37.0. The van der Waals surface area contributed by atoms with Crippen molar-refractivity contribution in [2.75, 3.05) is 19.9 Å². The van der Waals surface area contributed by atoms with E-state index in [2.05, 4.69) is 26.0 Å². The molecule has 0 spiro atoms. The minimum absolute atomic E-state index is 0.123. The van der Waals surface area contributed by atoms with Gasteiger partial charge in [-0.2, -0.15) is 0 Å². The van der Waals surface area contributed by atoms with Gasteiger partial charge in [0.05, 0.1) is 17.5 Å². The highest BCUT2D eigenvalue weighted by Crippen LogP contribution is 2.20. The van der Waals surface area contributed by atoms with Gasteiger partial charge >= 0.3 is 5.97 Å². The summed E-state index contributed by atoms with van der Waals surface area (Å²) in [6.07, 6.45) is 2.56. The maximum absolute atomic E-state index is 12.9. The molecule has 0 unspecified atom stereocenters. The second kappa shape index (κ2) is 9.03. The lowest BCUT2D eigenvalue weighted by Gasteiger charge is -2.14. The number of fused-ring (bicyclic) bond motifs is 1. The van der Waals surface area contributed by atoms with E-state index in [-0.39, 0.29) is 17.0 Å². The van der Waals surface area contributed by atoms with Gasteiger partial charge in [-0.25, -0.2) is 8.42 Å². The van der Waals surface area contributed by atoms with Gasteiger partial charge in [0.1, 0.15) is 12.1 Å². The van der Waals surface area contributed by atoms with Crippen molar-refractivity contribution in [3.05, 3.63) is 74.5 Å². The number of carbonyl (C=O) groups is 2. The van der Waals surface area contributed by atoms with Crippen molar-refractivity contribution >= 4 is 48.5 Å². The first kappa shape index (κ1) is 22.7. The van der Waals surface area contributed by atoms with E-state index in [9.17, 15) is 22.8 Å². The van der Waals surface area contributed by atoms with Gasteiger partial charge in [0, 0.05) is 28.9 Å². The summed E-state index contributed by atoms with van der Waals surface area (Å²) in [7, 11) is -2.12. The summed E-state index contributed by atoms with van der Waals surface area (Å²) in [5.41, 5.74) is 0.788. The molecule has 1 heterocycles. The Hall–Kier alpha value is -2.98. The number of methoxy groups -OCH3 is 1. The van der Waals surface area contributed by atoms with Crippen LogP contribution in [-0.2, 0) is 25.9 Å². The van der Waals surface area contributed by atoms with Crippen molar-refractivity contribution in [2.45, 2.75) is 11.4 Å². The summed E-state index contributed by atoms with van der Waals surface area (Å²) in [5.74, 6) is -1.33. The number of ether oxygens (including phenoxy) is 1. The highest BCUT2D eigenvalue weighted by atomic mass is 79.9. The molecule has 8 nitrogen and oxygen atoms in total. The van der Waals surface area contributed by atoms with Crippen LogP contribution in [0.1, 0.15) is 15.9 Å². The first-order chi connectivity index (χ1) is 14.6. The van der Waals surface area contributed by atoms with Crippen molar-refractivity contribution in [1.82, 2.24) is 9.88 Å². The maximum atomic E-state index is 12.9. The van der Waals surface area contributed by atoms with Crippen LogP contribution in [0.5, 0.6) is 0 Å². The molecule has 1 N–H and O–H groups in total. The molecule has 0 aliphatic carbocycles. The van der Waals surface area contributed by atoms with Gasteiger partial charge in [-0.3, -0.25) is 14.4 Å². The van der Waals surface area contributed by atoms with Gasteiger partial charge in [0.15, 0.2) is 9.84 Å². The van der Waals surface area contributed by atoms with Gasteiger partial charge in [-0.1, -0.05) is 28.1 Å². The van der Waals surface area contributed by atoms with Gasteiger partial charge in [0.25, 0.3) is 5.91 Å². The number of nitrogens with one attached hydrogen (secondary N) is 1. The van der Waals surface area contributed by atoms with E-state index in [0.29, 0.717) is 21.9 Å². The zero-order valence-corrected chi connectivity index (χ0v) is 19.1. The van der Waals surface area contributed by atoms with E-state index in [1.165, 1.54) is 25.4 Å². The fourth-order valence-corrected chi connectivity index (χ4v) is 4.01. The average Bonchev–Trinajstić information content (AvgIpc) is 2.73. The standard InChI is InChI=1S/C21H19BrN2O6S/c1-30-19(25)10-23-21(27)17-12-24(18-8-5-14(22)9-16(18)20(17)26)11-13-3-6-15(7-4-13)31(2,28)29/h3-9,12H,10-11H2,1-2H3,(H,23,27). The fraction of sp³-hybridized carbons (Fsp3) is 0.190. The molecular formula is C21H19BrN2O6S. The molecule has 2 aromatic carbocycles. The lowest BCUT2D eigenvalue weighted by molar-refractivity contribution is -0.139. The fourth-order valence-electron chi connectivity index (χ4n) is 3.02. The quantitative estimate of drug-likeness (QED) is 0.512. The molecule has 0 saturated heterocycles. The van der Waals surface area contributed by atoms with Crippen LogP contribution in [-0.4, -0.2) is 44.8 Å². The van der Waals surface area contributed by atoms with Crippen molar-refractivity contribution < 1.29 is 22.7 Å². The number of esters is 1. The second-order valence-corrected chi connectivity index (χ2v) is 9.77. The molecule has 0 radical (unpaired) electrons. The molecule has 1 aromatic heterocycles. The molecule has 10 heteroatoms. The normalized spacial score (nSPS) is 11.3. The second-order valence-electron chi connectivity index (χ2n) is 6.84. The van der Waals surface area contributed by atoms with Crippen molar-refractivity contribution in [3.63, 3.8) is 0 Å². The topological polar surface area (TPSA) is 112 Å². The third kappa shape index (κ3) is 5.20. The third-order valence-corrected chi connectivity index (χ3v) is 6.23. The first-order valence-electron chi connectivity index (χ1n) is 9.07. The average molecular weight is 507 g/mol. The van der Waals surface area contributed by atoms with Crippen LogP contribution >= 0.6 is 15.9 Å². The predicted molar refractivity (Wildman–Crippen MR) is 119 cm³/mol. The van der Waals surface area contributed by atoms with Gasteiger partial charge in [-0.05, 0) is 35.9 Å². The lowest BCUT2D eigenvalue weighted by Crippen LogP contribution is -2.34. The number of aromatic nitrogens is 1. The number of nitrogens with zero attached hydrogens (tertiary/aromatic N) is 1. The molecule has 0 aliphatic heterocycles. The van der Waals surface area contributed by atoms with Crippen LogP contribution in [0.15, 0.2) is 62.8 Å². The Morgan fingerprint density at radius 1 is 1.13 bits per heavy atom. The van der Waals surface area contributed by atoms with E-state index in [4.69, 9.17) is 0 Å². The molecule has 3 rings (SSSR count). The summed E-state index contributed by atoms with van der Waals surface area (Å²) in [6, 6.07) is 11.5. The van der Waals surface area contributed by atoms with Crippen LogP contribution < -0.4 is 10.7 Å². The number of pyridine rings is 1. The Morgan fingerprint density at radius 3 is 2.42 bits per heavy atom. The summed E-state index contributed by atoms with van der Waals surface area (Å²) in [6.45, 7) is -0.0714. The van der Waals surface area contributed by atoms with E-state index in [0.717, 1.165) is 11.8 Å². The molecular weight excluding hydrogens is 488 g/mol. The Kier molecular flexibility index (Phi) is 6.61. The molecule has 31 heavy (non-hydrogen) atoms. The summed E-state index contributed by atoms with van der Waals surface area (Å²) >= 11 is 3.34. The van der Waals surface area contributed by atoms with Crippen molar-refractivity contribution in [1.29, 1.82) is 0 Å². The number of carbonyl (C=O) groups excluding carboxylic acids is 2. The molecule has 0 fully saturated rings. The predicted octanol–water partition coefficient (Wildman–Crippen LogP) is 2.12. The maximum Gasteiger partial charge on any atom is 0.325 e. The summed E-state index contributed by atoms with van der Waals surface area (Å²) in [5, 5.41) is 2.71. The Morgan fingerprint density at radius 2 is 1.81 bits per heavy atom. The first-order valence-corrected chi connectivity index (χ1v) is 11.8. The molecule has 3 aromatic rings. The number of sulfone groups is 1. The Labute approximate surface area is 186 Å². The minimum atomic E-state index is -3.32. The molecule has 0 saturated carbocycles. The third-order valence-electron chi connectivity index (χ3n) is 4.61. The molecule has 0 atom stereocenters. The van der Waals surface area contributed by atoms with Crippen LogP contribution in [0.2, 0.25) is 0 Å². The van der Waals surface area contributed by atoms with Gasteiger partial charge < -0.3 is 14.6 Å². The lowest BCUT2D eigenvalue weighted by atomic mass is 10.1. The molecule has 162 valence electrons. The number of hydrogen-bond acceptors (Lipinski definition) is 6. The van der Waals surface area contributed by atoms with E-state index in [1.54, 1.807) is 34.9 Å². The van der Waals surface area contributed by atoms with Crippen LogP contribution in [0.25, 0.3) is 10.9 Å².